The first-order valence-corrected chi connectivity index (χ1v) is 8.54. The van der Waals surface area contributed by atoms with Gasteiger partial charge in [0, 0.05) is 31.1 Å². The van der Waals surface area contributed by atoms with Crippen molar-refractivity contribution in [1.29, 1.82) is 0 Å². The van der Waals surface area contributed by atoms with Gasteiger partial charge < -0.3 is 14.6 Å². The highest BCUT2D eigenvalue weighted by Crippen LogP contribution is 2.50. The van der Waals surface area contributed by atoms with E-state index in [4.69, 9.17) is 9.47 Å². The van der Waals surface area contributed by atoms with Crippen LogP contribution in [0.2, 0.25) is 0 Å². The van der Waals surface area contributed by atoms with Crippen molar-refractivity contribution in [3.8, 4) is 5.75 Å². The molecule has 4 nitrogen and oxygen atoms in total. The lowest BCUT2D eigenvalue weighted by molar-refractivity contribution is -0.209. The molecule has 1 aliphatic carbocycles. The van der Waals surface area contributed by atoms with Crippen molar-refractivity contribution < 1.29 is 19.0 Å². The van der Waals surface area contributed by atoms with Crippen LogP contribution in [0.3, 0.4) is 0 Å². The van der Waals surface area contributed by atoms with Crippen LogP contribution in [0.4, 0.5) is 4.39 Å². The zero-order valence-corrected chi connectivity index (χ0v) is 13.7. The minimum Gasteiger partial charge on any atom is -0.492 e. The summed E-state index contributed by atoms with van der Waals surface area (Å²) in [6.07, 6.45) is 2.71. The predicted octanol–water partition coefficient (Wildman–Crippen LogP) is 2.46. The average molecular weight is 323 g/mol. The maximum atomic E-state index is 13.1. The number of ether oxygens (including phenoxy) is 2. The van der Waals surface area contributed by atoms with E-state index in [0.29, 0.717) is 19.0 Å². The van der Waals surface area contributed by atoms with E-state index in [1.807, 2.05) is 6.92 Å². The lowest BCUT2D eigenvalue weighted by Crippen LogP contribution is -2.62. The van der Waals surface area contributed by atoms with Crippen molar-refractivity contribution in [3.05, 3.63) is 30.1 Å². The fraction of sp³-hybridized carbons (Fsp3) is 0.667. The molecule has 3 rings (SSSR count). The molecule has 0 radical (unpaired) electrons. The van der Waals surface area contributed by atoms with Crippen LogP contribution in [0, 0.1) is 11.2 Å². The van der Waals surface area contributed by atoms with Crippen molar-refractivity contribution >= 4 is 0 Å². The van der Waals surface area contributed by atoms with Gasteiger partial charge in [-0.25, -0.2) is 4.39 Å². The van der Waals surface area contributed by atoms with Gasteiger partial charge in [0.2, 0.25) is 0 Å². The van der Waals surface area contributed by atoms with E-state index in [9.17, 15) is 9.50 Å². The van der Waals surface area contributed by atoms with Crippen LogP contribution in [-0.4, -0.2) is 55.1 Å². The zero-order chi connectivity index (χ0) is 16.3. The molecule has 2 fully saturated rings. The molecular formula is C18H26FNO3. The van der Waals surface area contributed by atoms with Crippen molar-refractivity contribution in [3.63, 3.8) is 0 Å². The average Bonchev–Trinajstić information content (AvgIpc) is 2.55. The lowest BCUT2D eigenvalue weighted by Gasteiger charge is -2.56. The molecule has 1 N–H and O–H groups in total. The highest BCUT2D eigenvalue weighted by atomic mass is 19.1. The molecule has 0 bridgehead atoms. The molecule has 128 valence electrons. The van der Waals surface area contributed by atoms with Crippen LogP contribution in [-0.2, 0) is 4.74 Å². The molecule has 2 aliphatic rings. The fourth-order valence-electron chi connectivity index (χ4n) is 3.86. The van der Waals surface area contributed by atoms with Gasteiger partial charge in [0.15, 0.2) is 0 Å². The summed E-state index contributed by atoms with van der Waals surface area (Å²) >= 11 is 0. The molecule has 1 saturated heterocycles. The number of likely N-dealkylation sites (tertiary alicyclic amines) is 1. The first-order valence-electron chi connectivity index (χ1n) is 8.54. The van der Waals surface area contributed by atoms with Crippen molar-refractivity contribution in [2.24, 2.45) is 5.41 Å². The van der Waals surface area contributed by atoms with E-state index in [1.54, 1.807) is 12.1 Å². The summed E-state index contributed by atoms with van der Waals surface area (Å²) in [7, 11) is 0. The smallest absolute Gasteiger partial charge is 0.126 e. The Morgan fingerprint density at radius 3 is 2.78 bits per heavy atom. The van der Waals surface area contributed by atoms with Gasteiger partial charge in [0.25, 0.3) is 0 Å². The maximum Gasteiger partial charge on any atom is 0.126 e. The van der Waals surface area contributed by atoms with E-state index >= 15 is 0 Å². The Morgan fingerprint density at radius 2 is 2.13 bits per heavy atom. The van der Waals surface area contributed by atoms with Crippen LogP contribution < -0.4 is 4.74 Å². The van der Waals surface area contributed by atoms with Crippen LogP contribution in [0.25, 0.3) is 0 Å². The van der Waals surface area contributed by atoms with E-state index in [0.717, 1.165) is 38.9 Å². The number of hydrogen-bond donors (Lipinski definition) is 1. The Morgan fingerprint density at radius 1 is 1.35 bits per heavy atom. The number of rotatable bonds is 6. The van der Waals surface area contributed by atoms with Crippen molar-refractivity contribution in [1.82, 2.24) is 4.90 Å². The third-order valence-electron chi connectivity index (χ3n) is 5.37. The summed E-state index contributed by atoms with van der Waals surface area (Å²) in [5.74, 6) is 0.299. The Kier molecular flexibility index (Phi) is 5.19. The number of aliphatic hydroxyl groups excluding tert-OH is 1. The summed E-state index contributed by atoms with van der Waals surface area (Å²) in [4.78, 5) is 2.35. The van der Waals surface area contributed by atoms with Gasteiger partial charge in [-0.2, -0.15) is 0 Å². The number of aliphatic hydroxyl groups is 1. The van der Waals surface area contributed by atoms with Gasteiger partial charge in [0.1, 0.15) is 18.2 Å². The second-order valence-electron chi connectivity index (χ2n) is 6.58. The third kappa shape index (κ3) is 3.52. The number of hydrogen-bond acceptors (Lipinski definition) is 4. The van der Waals surface area contributed by atoms with E-state index in [2.05, 4.69) is 4.90 Å². The van der Waals surface area contributed by atoms with Gasteiger partial charge in [-0.05, 0) is 45.0 Å². The third-order valence-corrected chi connectivity index (χ3v) is 5.37. The molecule has 1 aromatic rings. The monoisotopic (exact) mass is 323 g/mol. The highest BCUT2D eigenvalue weighted by molar-refractivity contribution is 5.22. The fourth-order valence-corrected chi connectivity index (χ4v) is 3.86. The largest absolute Gasteiger partial charge is 0.492 e. The predicted molar refractivity (Wildman–Crippen MR) is 86.0 cm³/mol. The van der Waals surface area contributed by atoms with Crippen LogP contribution in [0.15, 0.2) is 24.3 Å². The Bertz CT molecular complexity index is 515. The first-order chi connectivity index (χ1) is 11.1. The SMILES string of the molecule is CCOC1CC(O)C12CCN(CCOc1cccc(F)c1)CC2. The molecule has 1 spiro atoms. The van der Waals surface area contributed by atoms with E-state index < -0.39 is 0 Å². The number of benzene rings is 1. The second kappa shape index (κ2) is 7.16. The Balaban J connectivity index is 1.43. The molecule has 0 amide bonds. The summed E-state index contributed by atoms with van der Waals surface area (Å²) in [5.41, 5.74) is -0.0318. The zero-order valence-electron chi connectivity index (χ0n) is 13.7. The summed E-state index contributed by atoms with van der Waals surface area (Å²) < 4.78 is 24.5. The van der Waals surface area contributed by atoms with Crippen LogP contribution in [0.1, 0.15) is 26.2 Å². The number of halogens is 1. The lowest BCUT2D eigenvalue weighted by atomic mass is 9.58. The quantitative estimate of drug-likeness (QED) is 0.873. The summed E-state index contributed by atoms with van der Waals surface area (Å²) in [5, 5.41) is 10.2. The number of nitrogens with zero attached hydrogens (tertiary/aromatic N) is 1. The molecule has 1 aliphatic heterocycles. The topological polar surface area (TPSA) is 41.9 Å². The van der Waals surface area contributed by atoms with E-state index in [1.165, 1.54) is 12.1 Å². The standard InChI is InChI=1S/C18H26FNO3/c1-2-22-17-13-16(21)18(17)6-8-20(9-7-18)10-11-23-15-5-3-4-14(19)12-15/h3-5,12,16-17,21H,2,6-11,13H2,1H3. The van der Waals surface area contributed by atoms with Gasteiger partial charge in [-0.1, -0.05) is 6.07 Å². The summed E-state index contributed by atoms with van der Waals surface area (Å²) in [6.45, 7) is 6.00. The van der Waals surface area contributed by atoms with Gasteiger partial charge >= 0.3 is 0 Å². The molecule has 1 aromatic carbocycles. The molecule has 5 heteroatoms. The molecule has 2 atom stereocenters. The molecule has 1 saturated carbocycles. The molecule has 2 unspecified atom stereocenters. The van der Waals surface area contributed by atoms with Crippen molar-refractivity contribution in [2.75, 3.05) is 32.8 Å². The normalized spacial score (nSPS) is 26.9. The van der Waals surface area contributed by atoms with Gasteiger partial charge in [-0.15, -0.1) is 0 Å². The maximum absolute atomic E-state index is 13.1. The first kappa shape index (κ1) is 16.7. The van der Waals surface area contributed by atoms with Crippen molar-refractivity contribution in [2.45, 2.75) is 38.4 Å². The van der Waals surface area contributed by atoms with Crippen LogP contribution >= 0.6 is 0 Å². The molecule has 1 heterocycles. The molecular weight excluding hydrogens is 297 g/mol. The Hall–Kier alpha value is -1.17. The molecule has 0 aromatic heterocycles. The number of piperidine rings is 1. The second-order valence-corrected chi connectivity index (χ2v) is 6.58. The van der Waals surface area contributed by atoms with Crippen LogP contribution in [0.5, 0.6) is 5.75 Å². The minimum atomic E-state index is -0.275. The minimum absolute atomic E-state index is 0.0318. The Labute approximate surface area is 137 Å². The van der Waals surface area contributed by atoms with E-state index in [-0.39, 0.29) is 23.4 Å². The van der Waals surface area contributed by atoms with Gasteiger partial charge in [-0.3, -0.25) is 4.90 Å². The summed E-state index contributed by atoms with van der Waals surface area (Å²) in [6, 6.07) is 6.24. The molecule has 23 heavy (non-hydrogen) atoms. The van der Waals surface area contributed by atoms with Gasteiger partial charge in [0.05, 0.1) is 12.2 Å². The highest BCUT2D eigenvalue weighted by Gasteiger charge is 2.55.